The Balaban J connectivity index is 2.24. The molecule has 0 unspecified atom stereocenters. The van der Waals surface area contributed by atoms with Crippen molar-refractivity contribution in [2.75, 3.05) is 6.54 Å². The summed E-state index contributed by atoms with van der Waals surface area (Å²) in [6.45, 7) is 3.99. The van der Waals surface area contributed by atoms with E-state index in [4.69, 9.17) is 9.52 Å². The number of carbonyl (C=O) groups excluding carboxylic acids is 1. The maximum absolute atomic E-state index is 12.7. The van der Waals surface area contributed by atoms with Gasteiger partial charge < -0.3 is 14.4 Å². The SMILES string of the molecule is Cc1cc(C(=O)N(CCC(=O)O)Cc2cccc(Br)c2)c(C)o1. The van der Waals surface area contributed by atoms with Crippen LogP contribution < -0.4 is 0 Å². The number of amides is 1. The fraction of sp³-hybridized carbons (Fsp3) is 0.294. The first-order chi connectivity index (χ1) is 10.9. The number of nitrogens with zero attached hydrogens (tertiary/aromatic N) is 1. The Hall–Kier alpha value is -2.08. The summed E-state index contributed by atoms with van der Waals surface area (Å²) in [4.78, 5) is 25.2. The lowest BCUT2D eigenvalue weighted by Gasteiger charge is -2.22. The molecule has 0 aliphatic heterocycles. The van der Waals surface area contributed by atoms with Crippen LogP contribution in [-0.2, 0) is 11.3 Å². The van der Waals surface area contributed by atoms with Crippen LogP contribution in [0.1, 0.15) is 33.9 Å². The Morgan fingerprint density at radius 3 is 2.57 bits per heavy atom. The number of carboxylic acid groups (broad SMARTS) is 1. The van der Waals surface area contributed by atoms with E-state index in [1.807, 2.05) is 24.3 Å². The van der Waals surface area contributed by atoms with E-state index in [1.165, 1.54) is 4.90 Å². The van der Waals surface area contributed by atoms with Crippen molar-refractivity contribution in [3.05, 3.63) is 57.5 Å². The summed E-state index contributed by atoms with van der Waals surface area (Å²) >= 11 is 3.40. The summed E-state index contributed by atoms with van der Waals surface area (Å²) in [5.74, 6) is 0.0475. The zero-order valence-corrected chi connectivity index (χ0v) is 14.6. The van der Waals surface area contributed by atoms with E-state index < -0.39 is 5.97 Å². The minimum Gasteiger partial charge on any atom is -0.481 e. The molecule has 2 rings (SSSR count). The summed E-state index contributed by atoms with van der Waals surface area (Å²) in [6, 6.07) is 9.28. The molecular formula is C17H18BrNO4. The van der Waals surface area contributed by atoms with Crippen molar-refractivity contribution in [2.24, 2.45) is 0 Å². The number of carboxylic acids is 1. The molecule has 1 N–H and O–H groups in total. The average Bonchev–Trinajstić information content (AvgIpc) is 2.81. The second-order valence-corrected chi connectivity index (χ2v) is 6.24. The molecule has 0 aliphatic rings. The van der Waals surface area contributed by atoms with Crippen LogP contribution in [0.3, 0.4) is 0 Å². The number of benzene rings is 1. The summed E-state index contributed by atoms with van der Waals surface area (Å²) < 4.78 is 6.32. The van der Waals surface area contributed by atoms with Gasteiger partial charge in [-0.25, -0.2) is 0 Å². The fourth-order valence-electron chi connectivity index (χ4n) is 2.35. The van der Waals surface area contributed by atoms with Gasteiger partial charge in [-0.05, 0) is 37.6 Å². The number of hydrogen-bond donors (Lipinski definition) is 1. The second-order valence-electron chi connectivity index (χ2n) is 5.33. The summed E-state index contributed by atoms with van der Waals surface area (Å²) in [5, 5.41) is 8.92. The minimum absolute atomic E-state index is 0.102. The number of aryl methyl sites for hydroxylation is 2. The van der Waals surface area contributed by atoms with Crippen molar-refractivity contribution < 1.29 is 19.1 Å². The molecule has 1 amide bonds. The van der Waals surface area contributed by atoms with E-state index in [-0.39, 0.29) is 18.9 Å². The van der Waals surface area contributed by atoms with Gasteiger partial charge in [0.2, 0.25) is 0 Å². The molecule has 1 heterocycles. The van der Waals surface area contributed by atoms with Crippen LogP contribution in [0, 0.1) is 13.8 Å². The molecule has 23 heavy (non-hydrogen) atoms. The molecule has 0 spiro atoms. The highest BCUT2D eigenvalue weighted by atomic mass is 79.9. The van der Waals surface area contributed by atoms with Gasteiger partial charge in [0.25, 0.3) is 5.91 Å². The van der Waals surface area contributed by atoms with E-state index in [0.717, 1.165) is 10.0 Å². The molecule has 0 bridgehead atoms. The monoisotopic (exact) mass is 379 g/mol. The number of halogens is 1. The maximum Gasteiger partial charge on any atom is 0.305 e. The zero-order valence-electron chi connectivity index (χ0n) is 13.0. The van der Waals surface area contributed by atoms with Gasteiger partial charge in [-0.1, -0.05) is 28.1 Å². The van der Waals surface area contributed by atoms with Crippen LogP contribution >= 0.6 is 15.9 Å². The molecule has 0 radical (unpaired) electrons. The Kier molecular flexibility index (Phi) is 5.60. The molecule has 0 saturated heterocycles. The molecule has 0 fully saturated rings. The number of rotatable bonds is 6. The van der Waals surface area contributed by atoms with Crippen LogP contribution in [0.15, 0.2) is 39.2 Å². The predicted molar refractivity (Wildman–Crippen MR) is 89.3 cm³/mol. The molecule has 0 atom stereocenters. The van der Waals surface area contributed by atoms with Gasteiger partial charge in [0.15, 0.2) is 0 Å². The molecule has 1 aromatic carbocycles. The van der Waals surface area contributed by atoms with Gasteiger partial charge in [0.1, 0.15) is 11.5 Å². The molecule has 0 aliphatic carbocycles. The van der Waals surface area contributed by atoms with Crippen LogP contribution in [0.4, 0.5) is 0 Å². The number of aliphatic carboxylic acids is 1. The van der Waals surface area contributed by atoms with E-state index >= 15 is 0 Å². The fourth-order valence-corrected chi connectivity index (χ4v) is 2.80. The quantitative estimate of drug-likeness (QED) is 0.828. The normalized spacial score (nSPS) is 10.6. The molecule has 1 aromatic heterocycles. The lowest BCUT2D eigenvalue weighted by Crippen LogP contribution is -2.32. The first-order valence-corrected chi connectivity index (χ1v) is 7.98. The van der Waals surface area contributed by atoms with Gasteiger partial charge in [0.05, 0.1) is 12.0 Å². The predicted octanol–water partition coefficient (Wildman–Crippen LogP) is 3.78. The first-order valence-electron chi connectivity index (χ1n) is 7.19. The second kappa shape index (κ2) is 7.46. The van der Waals surface area contributed by atoms with Crippen LogP contribution in [0.2, 0.25) is 0 Å². The lowest BCUT2D eigenvalue weighted by molar-refractivity contribution is -0.137. The highest BCUT2D eigenvalue weighted by Gasteiger charge is 2.21. The van der Waals surface area contributed by atoms with Crippen molar-refractivity contribution in [3.8, 4) is 0 Å². The smallest absolute Gasteiger partial charge is 0.305 e. The van der Waals surface area contributed by atoms with Crippen molar-refractivity contribution in [1.29, 1.82) is 0 Å². The standard InChI is InChI=1S/C17H18BrNO4/c1-11-8-15(12(2)23-11)17(22)19(7-6-16(20)21)10-13-4-3-5-14(18)9-13/h3-5,8-9H,6-7,10H2,1-2H3,(H,20,21). The Morgan fingerprint density at radius 2 is 2.00 bits per heavy atom. The Bertz CT molecular complexity index is 723. The third kappa shape index (κ3) is 4.69. The van der Waals surface area contributed by atoms with Crippen molar-refractivity contribution >= 4 is 27.8 Å². The lowest BCUT2D eigenvalue weighted by atomic mass is 10.1. The summed E-state index contributed by atoms with van der Waals surface area (Å²) in [6.07, 6.45) is -0.102. The van der Waals surface area contributed by atoms with E-state index in [2.05, 4.69) is 15.9 Å². The molecule has 6 heteroatoms. The van der Waals surface area contributed by atoms with Gasteiger partial charge >= 0.3 is 5.97 Å². The summed E-state index contributed by atoms with van der Waals surface area (Å²) in [7, 11) is 0. The van der Waals surface area contributed by atoms with Crippen LogP contribution in [0.25, 0.3) is 0 Å². The van der Waals surface area contributed by atoms with Crippen molar-refractivity contribution in [2.45, 2.75) is 26.8 Å². The molecule has 5 nitrogen and oxygen atoms in total. The molecule has 0 saturated carbocycles. The Morgan fingerprint density at radius 1 is 1.26 bits per heavy atom. The van der Waals surface area contributed by atoms with E-state index in [1.54, 1.807) is 19.9 Å². The van der Waals surface area contributed by atoms with Gasteiger partial charge in [-0.3, -0.25) is 9.59 Å². The van der Waals surface area contributed by atoms with Crippen LogP contribution in [-0.4, -0.2) is 28.4 Å². The highest BCUT2D eigenvalue weighted by Crippen LogP contribution is 2.19. The third-order valence-electron chi connectivity index (χ3n) is 3.42. The zero-order chi connectivity index (χ0) is 17.0. The maximum atomic E-state index is 12.7. The van der Waals surface area contributed by atoms with Crippen molar-refractivity contribution in [3.63, 3.8) is 0 Å². The van der Waals surface area contributed by atoms with Crippen LogP contribution in [0.5, 0.6) is 0 Å². The largest absolute Gasteiger partial charge is 0.481 e. The molecular weight excluding hydrogens is 362 g/mol. The molecule has 122 valence electrons. The summed E-state index contributed by atoms with van der Waals surface area (Å²) in [5.41, 5.74) is 1.40. The molecule has 2 aromatic rings. The van der Waals surface area contributed by atoms with E-state index in [9.17, 15) is 9.59 Å². The third-order valence-corrected chi connectivity index (χ3v) is 3.91. The van der Waals surface area contributed by atoms with E-state index in [0.29, 0.717) is 23.6 Å². The average molecular weight is 380 g/mol. The van der Waals surface area contributed by atoms with Crippen molar-refractivity contribution in [1.82, 2.24) is 4.90 Å². The number of carbonyl (C=O) groups is 2. The van der Waals surface area contributed by atoms with Gasteiger partial charge in [-0.15, -0.1) is 0 Å². The number of furan rings is 1. The highest BCUT2D eigenvalue weighted by molar-refractivity contribution is 9.10. The van der Waals surface area contributed by atoms with Gasteiger partial charge in [0, 0.05) is 17.6 Å². The topological polar surface area (TPSA) is 70.8 Å². The first kappa shape index (κ1) is 17.3. The number of hydrogen-bond acceptors (Lipinski definition) is 3. The Labute approximate surface area is 143 Å². The van der Waals surface area contributed by atoms with Gasteiger partial charge in [-0.2, -0.15) is 0 Å². The minimum atomic E-state index is -0.933.